The highest BCUT2D eigenvalue weighted by atomic mass is 32.2. The van der Waals surface area contributed by atoms with E-state index in [9.17, 15) is 32.5 Å². The molecule has 1 amide bonds. The lowest BCUT2D eigenvalue weighted by Gasteiger charge is -2.14. The van der Waals surface area contributed by atoms with Gasteiger partial charge in [0.1, 0.15) is 5.82 Å². The molecule has 154 valence electrons. The highest BCUT2D eigenvalue weighted by Crippen LogP contribution is 2.18. The van der Waals surface area contributed by atoms with Gasteiger partial charge < -0.3 is 10.1 Å². The Hall–Kier alpha value is -3.38. The highest BCUT2D eigenvalue weighted by molar-refractivity contribution is 7.89. The van der Waals surface area contributed by atoms with Crippen molar-refractivity contribution >= 4 is 33.3 Å². The number of nitro benzene ring substituents is 1. The fourth-order valence-electron chi connectivity index (χ4n) is 2.13. The van der Waals surface area contributed by atoms with Crippen molar-refractivity contribution in [2.75, 3.05) is 12.4 Å². The molecule has 10 nitrogen and oxygen atoms in total. The van der Waals surface area contributed by atoms with E-state index in [4.69, 9.17) is 4.74 Å². The Morgan fingerprint density at radius 3 is 2.34 bits per heavy atom. The molecule has 2 rings (SSSR count). The van der Waals surface area contributed by atoms with Crippen LogP contribution in [0.1, 0.15) is 17.3 Å². The Kier molecular flexibility index (Phi) is 6.61. The first kappa shape index (κ1) is 21.9. The first-order chi connectivity index (χ1) is 13.5. The molecular formula is C17H16FN3O7S. The predicted molar refractivity (Wildman–Crippen MR) is 99.2 cm³/mol. The maximum Gasteiger partial charge on any atom is 0.341 e. The standard InChI is InChI=1S/C17H16FN3O7S/c1-10(16(22)20-11-3-5-12(6-4-11)21(24)25)28-17(23)14-9-13(7-8-15(14)18)29(26,27)19-2/h3-10,19H,1-2H3,(H,20,22). The van der Waals surface area contributed by atoms with Crippen molar-refractivity contribution in [3.8, 4) is 0 Å². The molecule has 0 fully saturated rings. The second-order valence-electron chi connectivity index (χ2n) is 5.69. The number of non-ortho nitro benzene ring substituents is 1. The molecular weight excluding hydrogens is 409 g/mol. The van der Waals surface area contributed by atoms with E-state index in [-0.39, 0.29) is 16.3 Å². The van der Waals surface area contributed by atoms with Gasteiger partial charge in [0.05, 0.1) is 15.4 Å². The number of ether oxygens (including phenoxy) is 1. The summed E-state index contributed by atoms with van der Waals surface area (Å²) in [5.74, 6) is -3.03. The van der Waals surface area contributed by atoms with Gasteiger partial charge in [-0.1, -0.05) is 0 Å². The van der Waals surface area contributed by atoms with Gasteiger partial charge in [-0.15, -0.1) is 0 Å². The third kappa shape index (κ3) is 5.33. The van der Waals surface area contributed by atoms with Crippen LogP contribution in [0.5, 0.6) is 0 Å². The van der Waals surface area contributed by atoms with Crippen molar-refractivity contribution in [2.24, 2.45) is 0 Å². The second-order valence-corrected chi connectivity index (χ2v) is 7.58. The Bertz CT molecular complexity index is 1060. The molecule has 0 saturated heterocycles. The fraction of sp³-hybridized carbons (Fsp3) is 0.176. The van der Waals surface area contributed by atoms with Crippen molar-refractivity contribution in [1.82, 2.24) is 4.72 Å². The number of hydrogen-bond donors (Lipinski definition) is 2. The van der Waals surface area contributed by atoms with Crippen molar-refractivity contribution in [3.05, 3.63) is 64.0 Å². The van der Waals surface area contributed by atoms with Gasteiger partial charge in [-0.2, -0.15) is 0 Å². The number of carbonyl (C=O) groups excluding carboxylic acids is 2. The number of hydrogen-bond acceptors (Lipinski definition) is 7. The van der Waals surface area contributed by atoms with E-state index in [0.717, 1.165) is 25.2 Å². The summed E-state index contributed by atoms with van der Waals surface area (Å²) in [4.78, 5) is 34.0. The molecule has 1 atom stereocenters. The first-order valence-corrected chi connectivity index (χ1v) is 9.53. The number of anilines is 1. The molecule has 1 unspecified atom stereocenters. The third-order valence-electron chi connectivity index (χ3n) is 3.74. The summed E-state index contributed by atoms with van der Waals surface area (Å²) in [5, 5.41) is 13.0. The Morgan fingerprint density at radius 1 is 1.17 bits per heavy atom. The molecule has 0 saturated carbocycles. The summed E-state index contributed by atoms with van der Waals surface area (Å²) in [6.45, 7) is 1.23. The van der Waals surface area contributed by atoms with Crippen LogP contribution in [-0.2, 0) is 19.6 Å². The molecule has 0 aliphatic carbocycles. The number of carbonyl (C=O) groups is 2. The molecule has 2 aromatic carbocycles. The van der Waals surface area contributed by atoms with Crippen LogP contribution in [0.25, 0.3) is 0 Å². The number of nitro groups is 1. The number of halogens is 1. The number of amides is 1. The summed E-state index contributed by atoms with van der Waals surface area (Å²) in [6.07, 6.45) is -1.36. The monoisotopic (exact) mass is 425 g/mol. The third-order valence-corrected chi connectivity index (χ3v) is 5.15. The number of nitrogens with zero attached hydrogens (tertiary/aromatic N) is 1. The predicted octanol–water partition coefficient (Wildman–Crippen LogP) is 1.83. The van der Waals surface area contributed by atoms with E-state index in [0.29, 0.717) is 0 Å². The van der Waals surface area contributed by atoms with Gasteiger partial charge in [-0.05, 0) is 44.3 Å². The molecule has 2 aromatic rings. The zero-order valence-corrected chi connectivity index (χ0v) is 16.0. The molecule has 2 N–H and O–H groups in total. The minimum atomic E-state index is -3.92. The van der Waals surface area contributed by atoms with Crippen LogP contribution in [0.4, 0.5) is 15.8 Å². The normalized spacial score (nSPS) is 12.1. The van der Waals surface area contributed by atoms with Crippen LogP contribution in [0, 0.1) is 15.9 Å². The summed E-state index contributed by atoms with van der Waals surface area (Å²) in [5.41, 5.74) is -0.609. The van der Waals surface area contributed by atoms with Gasteiger partial charge in [0, 0.05) is 17.8 Å². The maximum atomic E-state index is 13.9. The minimum absolute atomic E-state index is 0.172. The van der Waals surface area contributed by atoms with Crippen LogP contribution < -0.4 is 10.0 Å². The minimum Gasteiger partial charge on any atom is -0.449 e. The van der Waals surface area contributed by atoms with Crippen molar-refractivity contribution < 1.29 is 32.1 Å². The van der Waals surface area contributed by atoms with Crippen molar-refractivity contribution in [3.63, 3.8) is 0 Å². The second kappa shape index (κ2) is 8.75. The summed E-state index contributed by atoms with van der Waals surface area (Å²) in [6, 6.07) is 7.49. The number of nitrogens with one attached hydrogen (secondary N) is 2. The molecule has 29 heavy (non-hydrogen) atoms. The van der Waals surface area contributed by atoms with E-state index in [1.165, 1.54) is 31.2 Å². The van der Waals surface area contributed by atoms with Crippen molar-refractivity contribution in [1.29, 1.82) is 0 Å². The fourth-order valence-corrected chi connectivity index (χ4v) is 2.89. The topological polar surface area (TPSA) is 145 Å². The smallest absolute Gasteiger partial charge is 0.341 e. The first-order valence-electron chi connectivity index (χ1n) is 8.04. The van der Waals surface area contributed by atoms with Crippen LogP contribution >= 0.6 is 0 Å². The van der Waals surface area contributed by atoms with Gasteiger partial charge in [-0.3, -0.25) is 14.9 Å². The van der Waals surface area contributed by atoms with Gasteiger partial charge >= 0.3 is 5.97 Å². The van der Waals surface area contributed by atoms with E-state index >= 15 is 0 Å². The van der Waals surface area contributed by atoms with Crippen LogP contribution in [-0.4, -0.2) is 38.4 Å². The summed E-state index contributed by atoms with van der Waals surface area (Å²) < 4.78 is 44.5. The number of sulfonamides is 1. The zero-order chi connectivity index (χ0) is 21.8. The van der Waals surface area contributed by atoms with Crippen LogP contribution in [0.3, 0.4) is 0 Å². The van der Waals surface area contributed by atoms with E-state index < -0.39 is 44.3 Å². The lowest BCUT2D eigenvalue weighted by Crippen LogP contribution is -2.30. The molecule has 0 bridgehead atoms. The quantitative estimate of drug-likeness (QED) is 0.391. The van der Waals surface area contributed by atoms with Gasteiger partial charge in [0.25, 0.3) is 11.6 Å². The molecule has 0 heterocycles. The molecule has 0 radical (unpaired) electrons. The number of esters is 1. The lowest BCUT2D eigenvalue weighted by molar-refractivity contribution is -0.384. The van der Waals surface area contributed by atoms with Crippen LogP contribution in [0.15, 0.2) is 47.4 Å². The largest absolute Gasteiger partial charge is 0.449 e. The Morgan fingerprint density at radius 2 is 1.79 bits per heavy atom. The molecule has 0 aliphatic heterocycles. The average molecular weight is 425 g/mol. The van der Waals surface area contributed by atoms with Gasteiger partial charge in [-0.25, -0.2) is 22.3 Å². The van der Waals surface area contributed by atoms with Gasteiger partial charge in [0.2, 0.25) is 10.0 Å². The van der Waals surface area contributed by atoms with Gasteiger partial charge in [0.15, 0.2) is 6.10 Å². The molecule has 0 aromatic heterocycles. The van der Waals surface area contributed by atoms with Crippen LogP contribution in [0.2, 0.25) is 0 Å². The van der Waals surface area contributed by atoms with E-state index in [2.05, 4.69) is 5.32 Å². The Balaban J connectivity index is 2.11. The molecule has 0 aliphatic rings. The molecule has 0 spiro atoms. The maximum absolute atomic E-state index is 13.9. The lowest BCUT2D eigenvalue weighted by atomic mass is 10.2. The Labute approximate surface area is 164 Å². The van der Waals surface area contributed by atoms with E-state index in [1.807, 2.05) is 4.72 Å². The zero-order valence-electron chi connectivity index (χ0n) is 15.2. The molecule has 12 heteroatoms. The summed E-state index contributed by atoms with van der Waals surface area (Å²) >= 11 is 0. The summed E-state index contributed by atoms with van der Waals surface area (Å²) in [7, 11) is -2.76. The van der Waals surface area contributed by atoms with Crippen molar-refractivity contribution in [2.45, 2.75) is 17.9 Å². The van der Waals surface area contributed by atoms with E-state index in [1.54, 1.807) is 0 Å². The number of rotatable bonds is 7. The highest BCUT2D eigenvalue weighted by Gasteiger charge is 2.23. The number of benzene rings is 2. The average Bonchev–Trinajstić information content (AvgIpc) is 2.68. The SMILES string of the molecule is CNS(=O)(=O)c1ccc(F)c(C(=O)OC(C)C(=O)Nc2ccc([N+](=O)[O-])cc2)c1.